The molecular formula is C8H19NO4. The van der Waals surface area contributed by atoms with E-state index in [2.05, 4.69) is 5.32 Å². The summed E-state index contributed by atoms with van der Waals surface area (Å²) in [5.74, 6) is 0. The Kier molecular flexibility index (Phi) is 11.6. The maximum Gasteiger partial charge on any atom is 0.0698 e. The third-order valence-corrected chi connectivity index (χ3v) is 1.32. The summed E-state index contributed by atoms with van der Waals surface area (Å²) in [6, 6.07) is 0. The quantitative estimate of drug-likeness (QED) is 0.372. The number of ether oxygens (including phenoxy) is 2. The van der Waals surface area contributed by atoms with Crippen LogP contribution >= 0.6 is 0 Å². The molecule has 5 nitrogen and oxygen atoms in total. The molecule has 80 valence electrons. The van der Waals surface area contributed by atoms with Crippen molar-refractivity contribution in [2.75, 3.05) is 52.7 Å². The number of rotatable bonds is 10. The first-order chi connectivity index (χ1) is 6.41. The normalized spacial score (nSPS) is 10.6. The van der Waals surface area contributed by atoms with Crippen LogP contribution in [0.3, 0.4) is 0 Å². The van der Waals surface area contributed by atoms with Crippen molar-refractivity contribution in [3.05, 3.63) is 0 Å². The molecule has 0 bridgehead atoms. The molecule has 0 heterocycles. The molecule has 0 amide bonds. The van der Waals surface area contributed by atoms with Gasteiger partial charge in [0.2, 0.25) is 0 Å². The maximum absolute atomic E-state index is 8.38. The summed E-state index contributed by atoms with van der Waals surface area (Å²) in [4.78, 5) is 0. The Morgan fingerprint density at radius 3 is 1.62 bits per heavy atom. The van der Waals surface area contributed by atoms with E-state index in [0.29, 0.717) is 26.4 Å². The monoisotopic (exact) mass is 193 g/mol. The average Bonchev–Trinajstić information content (AvgIpc) is 2.16. The van der Waals surface area contributed by atoms with Gasteiger partial charge in [-0.25, -0.2) is 0 Å². The SMILES string of the molecule is OCCOCCNCCOCCO. The van der Waals surface area contributed by atoms with Gasteiger partial charge in [0.15, 0.2) is 0 Å². The largest absolute Gasteiger partial charge is 0.394 e. The third kappa shape index (κ3) is 11.8. The van der Waals surface area contributed by atoms with Crippen LogP contribution in [0.2, 0.25) is 0 Å². The van der Waals surface area contributed by atoms with Crippen molar-refractivity contribution in [1.29, 1.82) is 0 Å². The smallest absolute Gasteiger partial charge is 0.0698 e. The molecule has 13 heavy (non-hydrogen) atoms. The zero-order chi connectivity index (χ0) is 9.78. The molecule has 0 aromatic rings. The van der Waals surface area contributed by atoms with Crippen molar-refractivity contribution in [3.63, 3.8) is 0 Å². The fourth-order valence-electron chi connectivity index (χ4n) is 0.747. The molecular weight excluding hydrogens is 174 g/mol. The molecule has 0 rings (SSSR count). The van der Waals surface area contributed by atoms with Crippen LogP contribution in [0.1, 0.15) is 0 Å². The van der Waals surface area contributed by atoms with Gasteiger partial charge in [-0.2, -0.15) is 0 Å². The lowest BCUT2D eigenvalue weighted by molar-refractivity contribution is 0.0835. The van der Waals surface area contributed by atoms with Gasteiger partial charge in [0.1, 0.15) is 0 Å². The summed E-state index contributed by atoms with van der Waals surface area (Å²) >= 11 is 0. The number of aliphatic hydroxyl groups is 2. The van der Waals surface area contributed by atoms with Gasteiger partial charge < -0.3 is 25.0 Å². The van der Waals surface area contributed by atoms with E-state index in [-0.39, 0.29) is 13.2 Å². The minimum atomic E-state index is 0.0691. The lowest BCUT2D eigenvalue weighted by Crippen LogP contribution is -2.24. The van der Waals surface area contributed by atoms with E-state index in [9.17, 15) is 0 Å². The van der Waals surface area contributed by atoms with Crippen LogP contribution in [0.5, 0.6) is 0 Å². The van der Waals surface area contributed by atoms with Crippen LogP contribution < -0.4 is 5.32 Å². The van der Waals surface area contributed by atoms with E-state index < -0.39 is 0 Å². The molecule has 0 radical (unpaired) electrons. The van der Waals surface area contributed by atoms with Gasteiger partial charge in [0.25, 0.3) is 0 Å². The van der Waals surface area contributed by atoms with Crippen molar-refractivity contribution >= 4 is 0 Å². The van der Waals surface area contributed by atoms with Crippen LogP contribution in [0.4, 0.5) is 0 Å². The van der Waals surface area contributed by atoms with Gasteiger partial charge in [-0.05, 0) is 0 Å². The van der Waals surface area contributed by atoms with Crippen molar-refractivity contribution in [3.8, 4) is 0 Å². The topological polar surface area (TPSA) is 71.0 Å². The second-order valence-corrected chi connectivity index (χ2v) is 2.42. The Bertz CT molecular complexity index is 82.2. The fourth-order valence-corrected chi connectivity index (χ4v) is 0.747. The molecule has 0 spiro atoms. The summed E-state index contributed by atoms with van der Waals surface area (Å²) in [6.07, 6.45) is 0. The highest BCUT2D eigenvalue weighted by Crippen LogP contribution is 1.73. The zero-order valence-corrected chi connectivity index (χ0v) is 7.87. The van der Waals surface area contributed by atoms with Crippen molar-refractivity contribution in [2.24, 2.45) is 0 Å². The number of nitrogens with one attached hydrogen (secondary N) is 1. The summed E-state index contributed by atoms with van der Waals surface area (Å²) < 4.78 is 10.0. The van der Waals surface area contributed by atoms with Gasteiger partial charge in [-0.1, -0.05) is 0 Å². The summed E-state index contributed by atoms with van der Waals surface area (Å²) in [5.41, 5.74) is 0. The lowest BCUT2D eigenvalue weighted by atomic mass is 10.6. The molecule has 0 fully saturated rings. The molecule has 0 aliphatic heterocycles. The van der Waals surface area contributed by atoms with Crippen LogP contribution in [-0.4, -0.2) is 62.9 Å². The molecule has 0 unspecified atom stereocenters. The second kappa shape index (κ2) is 11.8. The first kappa shape index (κ1) is 12.8. The fraction of sp³-hybridized carbons (Fsp3) is 1.00. The molecule has 0 aliphatic carbocycles. The zero-order valence-electron chi connectivity index (χ0n) is 7.87. The van der Waals surface area contributed by atoms with Crippen LogP contribution in [0, 0.1) is 0 Å². The molecule has 0 atom stereocenters. The average molecular weight is 193 g/mol. The third-order valence-electron chi connectivity index (χ3n) is 1.32. The standard InChI is InChI=1S/C8H19NO4/c10-3-7-12-5-1-9-2-6-13-8-4-11/h9-11H,1-8H2. The molecule has 0 aromatic heterocycles. The van der Waals surface area contributed by atoms with E-state index in [1.807, 2.05) is 0 Å². The van der Waals surface area contributed by atoms with Crippen molar-refractivity contribution in [1.82, 2.24) is 5.32 Å². The minimum absolute atomic E-state index is 0.0691. The first-order valence-corrected chi connectivity index (χ1v) is 4.49. The second-order valence-electron chi connectivity index (χ2n) is 2.42. The molecule has 5 heteroatoms. The first-order valence-electron chi connectivity index (χ1n) is 4.49. The molecule has 3 N–H and O–H groups in total. The van der Waals surface area contributed by atoms with Gasteiger partial charge >= 0.3 is 0 Å². The van der Waals surface area contributed by atoms with Crippen LogP contribution in [0.15, 0.2) is 0 Å². The Morgan fingerprint density at radius 2 is 1.23 bits per heavy atom. The van der Waals surface area contributed by atoms with E-state index in [4.69, 9.17) is 19.7 Å². The number of hydrogen-bond donors (Lipinski definition) is 3. The molecule has 0 aliphatic rings. The highest BCUT2D eigenvalue weighted by Gasteiger charge is 1.88. The predicted molar refractivity (Wildman–Crippen MR) is 48.7 cm³/mol. The van der Waals surface area contributed by atoms with Gasteiger partial charge in [0, 0.05) is 13.1 Å². The number of aliphatic hydroxyl groups excluding tert-OH is 2. The molecule has 0 saturated heterocycles. The van der Waals surface area contributed by atoms with Crippen LogP contribution in [-0.2, 0) is 9.47 Å². The van der Waals surface area contributed by atoms with Gasteiger partial charge in [-0.3, -0.25) is 0 Å². The molecule has 0 saturated carbocycles. The Balaban J connectivity index is 2.76. The predicted octanol–water partition coefficient (Wildman–Crippen LogP) is -1.41. The van der Waals surface area contributed by atoms with E-state index in [0.717, 1.165) is 13.1 Å². The van der Waals surface area contributed by atoms with Gasteiger partial charge in [-0.15, -0.1) is 0 Å². The van der Waals surface area contributed by atoms with E-state index >= 15 is 0 Å². The maximum atomic E-state index is 8.38. The summed E-state index contributed by atoms with van der Waals surface area (Å²) in [7, 11) is 0. The highest BCUT2D eigenvalue weighted by molar-refractivity contribution is 4.44. The molecule has 0 aromatic carbocycles. The summed E-state index contributed by atoms with van der Waals surface area (Å²) in [6.45, 7) is 3.62. The lowest BCUT2D eigenvalue weighted by Gasteiger charge is -2.05. The highest BCUT2D eigenvalue weighted by atomic mass is 16.5. The van der Waals surface area contributed by atoms with E-state index in [1.165, 1.54) is 0 Å². The van der Waals surface area contributed by atoms with Crippen molar-refractivity contribution < 1.29 is 19.7 Å². The number of hydrogen-bond acceptors (Lipinski definition) is 5. The Labute approximate surface area is 78.7 Å². The Hall–Kier alpha value is -0.200. The Morgan fingerprint density at radius 1 is 0.769 bits per heavy atom. The van der Waals surface area contributed by atoms with Crippen LogP contribution in [0.25, 0.3) is 0 Å². The minimum Gasteiger partial charge on any atom is -0.394 e. The van der Waals surface area contributed by atoms with E-state index in [1.54, 1.807) is 0 Å². The van der Waals surface area contributed by atoms with Gasteiger partial charge in [0.05, 0.1) is 39.6 Å². The van der Waals surface area contributed by atoms with Crippen molar-refractivity contribution in [2.45, 2.75) is 0 Å². The summed E-state index contributed by atoms with van der Waals surface area (Å²) in [5, 5.41) is 19.8.